The lowest BCUT2D eigenvalue weighted by Gasteiger charge is -2.35. The number of nitrogens with zero attached hydrogens (tertiary/aromatic N) is 3. The molecule has 0 unspecified atom stereocenters. The number of amides is 1. The second kappa shape index (κ2) is 10.7. The number of ether oxygens (including phenoxy) is 1. The van der Waals surface area contributed by atoms with Crippen molar-refractivity contribution in [1.29, 1.82) is 0 Å². The number of aromatic nitrogens is 1. The Morgan fingerprint density at radius 1 is 0.943 bits per heavy atom. The highest BCUT2D eigenvalue weighted by molar-refractivity contribution is 5.96. The first-order valence-corrected chi connectivity index (χ1v) is 11.8. The van der Waals surface area contributed by atoms with Gasteiger partial charge < -0.3 is 24.4 Å². The summed E-state index contributed by atoms with van der Waals surface area (Å²) in [5.74, 6) is -1.32. The summed E-state index contributed by atoms with van der Waals surface area (Å²) < 4.78 is 20.4. The number of hydrogen-bond acceptors (Lipinski definition) is 5. The van der Waals surface area contributed by atoms with Crippen molar-refractivity contribution in [3.63, 3.8) is 0 Å². The van der Waals surface area contributed by atoms with Crippen LogP contribution in [0.3, 0.4) is 0 Å². The van der Waals surface area contributed by atoms with Crippen LogP contribution in [0.25, 0.3) is 5.69 Å². The van der Waals surface area contributed by atoms with Gasteiger partial charge in [-0.2, -0.15) is 0 Å². The van der Waals surface area contributed by atoms with Crippen molar-refractivity contribution in [3.05, 3.63) is 77.4 Å². The van der Waals surface area contributed by atoms with Crippen LogP contribution < -0.4 is 10.2 Å². The minimum absolute atomic E-state index is 0.327. The van der Waals surface area contributed by atoms with Gasteiger partial charge in [0.05, 0.1) is 5.56 Å². The van der Waals surface area contributed by atoms with Crippen LogP contribution in [0.2, 0.25) is 0 Å². The van der Waals surface area contributed by atoms with E-state index in [1.807, 2.05) is 35.8 Å². The van der Waals surface area contributed by atoms with E-state index in [4.69, 9.17) is 4.74 Å². The van der Waals surface area contributed by atoms with Gasteiger partial charge in [-0.15, -0.1) is 0 Å². The molecule has 0 bridgehead atoms. The number of aryl methyl sites for hydroxylation is 1. The van der Waals surface area contributed by atoms with Gasteiger partial charge in [0.15, 0.2) is 6.61 Å². The van der Waals surface area contributed by atoms with E-state index in [1.165, 1.54) is 12.1 Å². The summed E-state index contributed by atoms with van der Waals surface area (Å²) in [6.45, 7) is 10.6. The van der Waals surface area contributed by atoms with Crippen LogP contribution in [0.5, 0.6) is 0 Å². The van der Waals surface area contributed by atoms with E-state index in [1.54, 1.807) is 25.1 Å². The number of carbonyl (C=O) groups is 2. The van der Waals surface area contributed by atoms with Crippen LogP contribution in [-0.4, -0.2) is 60.7 Å². The number of halogens is 1. The SMILES string of the molecule is CCN1CCN(c2ccc(NC(=O)COC(=O)c3cc(C)n(-c4ccc(F)cc4)c3C)cc2)CC1. The highest BCUT2D eigenvalue weighted by Crippen LogP contribution is 2.22. The smallest absolute Gasteiger partial charge is 0.340 e. The molecule has 0 spiro atoms. The van der Waals surface area contributed by atoms with Gasteiger partial charge in [0, 0.05) is 54.6 Å². The van der Waals surface area contributed by atoms with Gasteiger partial charge >= 0.3 is 5.97 Å². The summed E-state index contributed by atoms with van der Waals surface area (Å²) >= 11 is 0. The molecule has 4 rings (SSSR count). The molecule has 0 atom stereocenters. The fourth-order valence-corrected chi connectivity index (χ4v) is 4.44. The molecule has 0 radical (unpaired) electrons. The van der Waals surface area contributed by atoms with E-state index in [0.717, 1.165) is 49.8 Å². The molecule has 2 aromatic carbocycles. The first-order valence-electron chi connectivity index (χ1n) is 11.8. The average Bonchev–Trinajstić information content (AvgIpc) is 3.17. The van der Waals surface area contributed by atoms with Crippen molar-refractivity contribution < 1.29 is 18.7 Å². The Morgan fingerprint density at radius 2 is 1.57 bits per heavy atom. The quantitative estimate of drug-likeness (QED) is 0.517. The largest absolute Gasteiger partial charge is 0.452 e. The molecule has 7 nitrogen and oxygen atoms in total. The Balaban J connectivity index is 1.31. The van der Waals surface area contributed by atoms with Gasteiger partial charge in [-0.1, -0.05) is 6.92 Å². The maximum absolute atomic E-state index is 13.3. The molecule has 1 aromatic heterocycles. The van der Waals surface area contributed by atoms with Gasteiger partial charge in [0.1, 0.15) is 5.82 Å². The molecule has 184 valence electrons. The average molecular weight is 479 g/mol. The number of benzene rings is 2. The van der Waals surface area contributed by atoms with E-state index in [0.29, 0.717) is 16.9 Å². The molecule has 0 saturated carbocycles. The summed E-state index contributed by atoms with van der Waals surface area (Å²) in [6.07, 6.45) is 0. The molecule has 1 fully saturated rings. The minimum Gasteiger partial charge on any atom is -0.452 e. The number of rotatable bonds is 7. The van der Waals surface area contributed by atoms with E-state index < -0.39 is 11.9 Å². The molecular formula is C27H31FN4O3. The number of nitrogens with one attached hydrogen (secondary N) is 1. The van der Waals surface area contributed by atoms with E-state index in [-0.39, 0.29) is 12.4 Å². The van der Waals surface area contributed by atoms with Gasteiger partial charge in [-0.05, 0) is 75.0 Å². The Labute approximate surface area is 205 Å². The predicted octanol–water partition coefficient (Wildman–Crippen LogP) is 4.17. The molecule has 1 aliphatic rings. The summed E-state index contributed by atoms with van der Waals surface area (Å²) in [5.41, 5.74) is 4.36. The van der Waals surface area contributed by atoms with Gasteiger partial charge in [0.2, 0.25) is 0 Å². The predicted molar refractivity (Wildman–Crippen MR) is 135 cm³/mol. The van der Waals surface area contributed by atoms with Crippen LogP contribution >= 0.6 is 0 Å². The van der Waals surface area contributed by atoms with Crippen molar-refractivity contribution in [2.45, 2.75) is 20.8 Å². The third-order valence-corrected chi connectivity index (χ3v) is 6.41. The number of likely N-dealkylation sites (N-methyl/N-ethyl adjacent to an activating group) is 1. The summed E-state index contributed by atoms with van der Waals surface area (Å²) in [6, 6.07) is 15.4. The maximum Gasteiger partial charge on any atom is 0.340 e. The van der Waals surface area contributed by atoms with Crippen molar-refractivity contribution in [2.24, 2.45) is 0 Å². The second-order valence-electron chi connectivity index (χ2n) is 8.69. The van der Waals surface area contributed by atoms with Crippen molar-refractivity contribution in [3.8, 4) is 5.69 Å². The Bertz CT molecular complexity index is 1180. The molecule has 0 aliphatic carbocycles. The first-order chi connectivity index (χ1) is 16.9. The molecule has 1 aliphatic heterocycles. The van der Waals surface area contributed by atoms with E-state index >= 15 is 0 Å². The molecule has 8 heteroatoms. The lowest BCUT2D eigenvalue weighted by atomic mass is 10.2. The second-order valence-corrected chi connectivity index (χ2v) is 8.69. The van der Waals surface area contributed by atoms with Crippen LogP contribution in [-0.2, 0) is 9.53 Å². The Hall–Kier alpha value is -3.65. The molecule has 1 amide bonds. The zero-order chi connectivity index (χ0) is 24.9. The lowest BCUT2D eigenvalue weighted by molar-refractivity contribution is -0.119. The third-order valence-electron chi connectivity index (χ3n) is 6.41. The minimum atomic E-state index is -0.580. The standard InChI is InChI=1S/C27H31FN4O3/c1-4-30-13-15-31(16-14-30)23-11-7-22(8-12-23)29-26(33)18-35-27(34)25-17-19(2)32(20(25)3)24-9-5-21(28)6-10-24/h5-12,17H,4,13-16,18H2,1-3H3,(H,29,33). The number of esters is 1. The molecule has 2 heterocycles. The Kier molecular flexibility index (Phi) is 7.51. The van der Waals surface area contributed by atoms with Crippen molar-refractivity contribution in [2.75, 3.05) is 49.5 Å². The molecular weight excluding hydrogens is 447 g/mol. The Morgan fingerprint density at radius 3 is 2.20 bits per heavy atom. The van der Waals surface area contributed by atoms with Gasteiger partial charge in [-0.25, -0.2) is 9.18 Å². The summed E-state index contributed by atoms with van der Waals surface area (Å²) in [4.78, 5) is 29.8. The fraction of sp³-hybridized carbons (Fsp3) is 0.333. The topological polar surface area (TPSA) is 66.8 Å². The normalized spacial score (nSPS) is 14.1. The molecule has 1 saturated heterocycles. The number of carbonyl (C=O) groups excluding carboxylic acids is 2. The van der Waals surface area contributed by atoms with Crippen LogP contribution in [0.4, 0.5) is 15.8 Å². The number of anilines is 2. The van der Waals surface area contributed by atoms with E-state index in [2.05, 4.69) is 22.0 Å². The highest BCUT2D eigenvalue weighted by Gasteiger charge is 2.19. The molecule has 3 aromatic rings. The van der Waals surface area contributed by atoms with Crippen molar-refractivity contribution >= 4 is 23.3 Å². The van der Waals surface area contributed by atoms with Crippen LogP contribution in [0, 0.1) is 19.7 Å². The summed E-state index contributed by atoms with van der Waals surface area (Å²) in [5, 5.41) is 2.77. The zero-order valence-corrected chi connectivity index (χ0v) is 20.4. The number of piperazine rings is 1. The number of hydrogen-bond donors (Lipinski definition) is 1. The van der Waals surface area contributed by atoms with Gasteiger partial charge in [0.25, 0.3) is 5.91 Å². The van der Waals surface area contributed by atoms with Crippen LogP contribution in [0.1, 0.15) is 28.7 Å². The van der Waals surface area contributed by atoms with E-state index in [9.17, 15) is 14.0 Å². The zero-order valence-electron chi connectivity index (χ0n) is 20.4. The fourth-order valence-electron chi connectivity index (χ4n) is 4.44. The monoisotopic (exact) mass is 478 g/mol. The highest BCUT2D eigenvalue weighted by atomic mass is 19.1. The van der Waals surface area contributed by atoms with Crippen LogP contribution in [0.15, 0.2) is 54.6 Å². The summed E-state index contributed by atoms with van der Waals surface area (Å²) in [7, 11) is 0. The molecule has 1 N–H and O–H groups in total. The lowest BCUT2D eigenvalue weighted by Crippen LogP contribution is -2.46. The maximum atomic E-state index is 13.3. The third kappa shape index (κ3) is 5.71. The first kappa shape index (κ1) is 24.5. The molecule has 35 heavy (non-hydrogen) atoms. The van der Waals surface area contributed by atoms with Gasteiger partial charge in [-0.3, -0.25) is 4.79 Å². The van der Waals surface area contributed by atoms with Crippen molar-refractivity contribution in [1.82, 2.24) is 9.47 Å².